The van der Waals surface area contributed by atoms with Crippen LogP contribution in [0.2, 0.25) is 0 Å². The summed E-state index contributed by atoms with van der Waals surface area (Å²) in [6.07, 6.45) is 0. The lowest BCUT2D eigenvalue weighted by molar-refractivity contribution is 0.305. The summed E-state index contributed by atoms with van der Waals surface area (Å²) in [6.45, 7) is 0.381. The molecule has 0 aliphatic heterocycles. The van der Waals surface area contributed by atoms with Crippen molar-refractivity contribution in [1.82, 2.24) is 8.94 Å². The maximum atomic E-state index is 9.06. The minimum Gasteiger partial charge on any atom is -0.394 e. The van der Waals surface area contributed by atoms with E-state index in [2.05, 4.69) is 51.4 Å². The van der Waals surface area contributed by atoms with E-state index in [-0.39, 0.29) is 6.61 Å². The van der Waals surface area contributed by atoms with Gasteiger partial charge in [-0.3, -0.25) is 4.99 Å². The highest BCUT2D eigenvalue weighted by Gasteiger charge is 2.13. The summed E-state index contributed by atoms with van der Waals surface area (Å²) in [5.41, 5.74) is 2.12. The van der Waals surface area contributed by atoms with E-state index >= 15 is 0 Å². The second-order valence-corrected chi connectivity index (χ2v) is 6.48. The van der Waals surface area contributed by atoms with Crippen LogP contribution in [0.5, 0.6) is 0 Å². The van der Waals surface area contributed by atoms with Gasteiger partial charge < -0.3 is 5.11 Å². The smallest absolute Gasteiger partial charge is 0.223 e. The molecule has 0 fully saturated rings. The summed E-state index contributed by atoms with van der Waals surface area (Å²) in [6, 6.07) is 24.7. The molecule has 5 heteroatoms. The van der Waals surface area contributed by atoms with Gasteiger partial charge in [-0.15, -0.1) is 0 Å². The number of hydrogen-bond donors (Lipinski definition) is 1. The van der Waals surface area contributed by atoms with Gasteiger partial charge in [0.1, 0.15) is 0 Å². The van der Waals surface area contributed by atoms with Gasteiger partial charge in [-0.05, 0) is 34.4 Å². The van der Waals surface area contributed by atoms with Crippen molar-refractivity contribution in [3.8, 4) is 17.1 Å². The lowest BCUT2D eigenvalue weighted by atomic mass is 10.0. The Kier molecular flexibility index (Phi) is 4.41. The molecule has 1 aromatic heterocycles. The molecule has 0 atom stereocenters. The molecule has 0 aliphatic rings. The highest BCUT2D eigenvalue weighted by molar-refractivity contribution is 7.04. The van der Waals surface area contributed by atoms with Crippen molar-refractivity contribution in [3.05, 3.63) is 77.6 Å². The molecule has 0 bridgehead atoms. The molecule has 0 unspecified atom stereocenters. The monoisotopic (exact) mass is 347 g/mol. The van der Waals surface area contributed by atoms with Crippen molar-refractivity contribution in [2.75, 3.05) is 13.2 Å². The maximum Gasteiger partial charge on any atom is 0.223 e. The largest absolute Gasteiger partial charge is 0.394 e. The van der Waals surface area contributed by atoms with Gasteiger partial charge in [0.15, 0.2) is 5.82 Å². The van der Waals surface area contributed by atoms with Gasteiger partial charge in [-0.2, -0.15) is 4.98 Å². The molecule has 0 saturated carbocycles. The first kappa shape index (κ1) is 15.7. The van der Waals surface area contributed by atoms with E-state index in [1.807, 2.05) is 30.3 Å². The summed E-state index contributed by atoms with van der Waals surface area (Å²) < 4.78 is 2.10. The van der Waals surface area contributed by atoms with Crippen LogP contribution < -0.4 is 4.80 Å². The Hall–Kier alpha value is -2.76. The van der Waals surface area contributed by atoms with Gasteiger partial charge in [-0.25, -0.2) is 3.96 Å². The number of para-hydroxylation sites is 1. The van der Waals surface area contributed by atoms with Crippen LogP contribution in [0.3, 0.4) is 0 Å². The molecule has 0 saturated heterocycles. The minimum absolute atomic E-state index is 0.0223. The van der Waals surface area contributed by atoms with Crippen LogP contribution in [0.25, 0.3) is 27.8 Å². The molecule has 0 amide bonds. The number of aliphatic hydroxyl groups is 1. The molecule has 4 nitrogen and oxygen atoms in total. The van der Waals surface area contributed by atoms with Crippen molar-refractivity contribution in [2.24, 2.45) is 4.99 Å². The Morgan fingerprint density at radius 1 is 0.920 bits per heavy atom. The van der Waals surface area contributed by atoms with Gasteiger partial charge in [0.05, 0.1) is 18.8 Å². The quantitative estimate of drug-likeness (QED) is 0.613. The van der Waals surface area contributed by atoms with Gasteiger partial charge in [-0.1, -0.05) is 60.7 Å². The fourth-order valence-electron chi connectivity index (χ4n) is 2.82. The number of aromatic nitrogens is 2. The summed E-state index contributed by atoms with van der Waals surface area (Å²) in [7, 11) is 0. The Balaban J connectivity index is 1.98. The van der Waals surface area contributed by atoms with E-state index in [4.69, 9.17) is 10.1 Å². The first-order valence-corrected chi connectivity index (χ1v) is 8.89. The Labute approximate surface area is 149 Å². The first-order valence-electron chi connectivity index (χ1n) is 8.12. The zero-order chi connectivity index (χ0) is 17.1. The van der Waals surface area contributed by atoms with E-state index in [0.29, 0.717) is 11.3 Å². The number of aliphatic hydroxyl groups excluding tert-OH is 1. The molecule has 124 valence electrons. The number of hydrogen-bond acceptors (Lipinski definition) is 4. The third-order valence-electron chi connectivity index (χ3n) is 3.94. The Morgan fingerprint density at radius 3 is 2.52 bits per heavy atom. The van der Waals surface area contributed by atoms with Gasteiger partial charge >= 0.3 is 0 Å². The molecule has 4 rings (SSSR count). The summed E-state index contributed by atoms with van der Waals surface area (Å²) in [5, 5.41) is 11.4. The fourth-order valence-corrected chi connectivity index (χ4v) is 3.71. The molecular formula is C20H17N3OS. The third kappa shape index (κ3) is 3.12. The van der Waals surface area contributed by atoms with E-state index in [1.54, 1.807) is 0 Å². The molecule has 0 radical (unpaired) electrons. The highest BCUT2D eigenvalue weighted by Crippen LogP contribution is 2.29. The zero-order valence-electron chi connectivity index (χ0n) is 13.5. The molecule has 1 N–H and O–H groups in total. The number of nitrogens with zero attached hydrogens (tertiary/aromatic N) is 3. The number of rotatable bonds is 4. The molecule has 25 heavy (non-hydrogen) atoms. The summed E-state index contributed by atoms with van der Waals surface area (Å²) in [5.74, 6) is 0.865. The fraction of sp³-hybridized carbons (Fsp3) is 0.100. The van der Waals surface area contributed by atoms with Crippen molar-refractivity contribution in [3.63, 3.8) is 0 Å². The second-order valence-electron chi connectivity index (χ2n) is 5.57. The topological polar surface area (TPSA) is 50.4 Å². The van der Waals surface area contributed by atoms with E-state index in [0.717, 1.165) is 22.5 Å². The van der Waals surface area contributed by atoms with Crippen molar-refractivity contribution >= 4 is 22.3 Å². The molecular weight excluding hydrogens is 330 g/mol. The molecule has 1 heterocycles. The summed E-state index contributed by atoms with van der Waals surface area (Å²) in [4.78, 5) is 9.79. The molecule has 4 aromatic rings. The van der Waals surface area contributed by atoms with Crippen LogP contribution >= 0.6 is 11.5 Å². The lowest BCUT2D eigenvalue weighted by Gasteiger charge is -2.09. The van der Waals surface area contributed by atoms with E-state index in [9.17, 15) is 0 Å². The van der Waals surface area contributed by atoms with Crippen LogP contribution in [0.4, 0.5) is 0 Å². The minimum atomic E-state index is 0.0223. The van der Waals surface area contributed by atoms with Crippen LogP contribution in [0, 0.1) is 0 Å². The van der Waals surface area contributed by atoms with Crippen LogP contribution in [0.15, 0.2) is 77.8 Å². The zero-order valence-corrected chi connectivity index (χ0v) is 14.4. The predicted octanol–water partition coefficient (Wildman–Crippen LogP) is 3.65. The number of fused-ring (bicyclic) bond motifs is 1. The van der Waals surface area contributed by atoms with Crippen LogP contribution in [-0.4, -0.2) is 27.2 Å². The van der Waals surface area contributed by atoms with Crippen molar-refractivity contribution in [1.29, 1.82) is 0 Å². The first-order chi connectivity index (χ1) is 12.4. The molecule has 0 spiro atoms. The SMILES string of the molecule is OCC/N=c1/nc(-c2cccc3ccccc23)n(-c2ccccc2)s1. The summed E-state index contributed by atoms with van der Waals surface area (Å²) >= 11 is 1.48. The highest BCUT2D eigenvalue weighted by atomic mass is 32.1. The maximum absolute atomic E-state index is 9.06. The average molecular weight is 347 g/mol. The predicted molar refractivity (Wildman–Crippen MR) is 102 cm³/mol. The molecule has 3 aromatic carbocycles. The van der Waals surface area contributed by atoms with E-state index in [1.165, 1.54) is 16.9 Å². The van der Waals surface area contributed by atoms with Gasteiger partial charge in [0.2, 0.25) is 4.80 Å². The van der Waals surface area contributed by atoms with Crippen molar-refractivity contribution < 1.29 is 5.11 Å². The lowest BCUT2D eigenvalue weighted by Crippen LogP contribution is -2.01. The Morgan fingerprint density at radius 2 is 1.68 bits per heavy atom. The van der Waals surface area contributed by atoms with Crippen molar-refractivity contribution in [2.45, 2.75) is 0 Å². The standard InChI is InChI=1S/C20H17N3OS/c24-14-13-21-20-22-19(23(25-20)16-9-2-1-3-10-16)18-12-6-8-15-7-4-5-11-17(15)18/h1-12,24H,13-14H2/b21-20-. The second kappa shape index (κ2) is 7.01. The average Bonchev–Trinajstić information content (AvgIpc) is 3.10. The van der Waals surface area contributed by atoms with Gasteiger partial charge in [0.25, 0.3) is 0 Å². The number of benzene rings is 3. The Bertz CT molecular complexity index is 1060. The van der Waals surface area contributed by atoms with Crippen LogP contribution in [0.1, 0.15) is 0 Å². The van der Waals surface area contributed by atoms with Gasteiger partial charge in [0, 0.05) is 5.56 Å². The van der Waals surface area contributed by atoms with Crippen LogP contribution in [-0.2, 0) is 0 Å². The molecule has 0 aliphatic carbocycles. The van der Waals surface area contributed by atoms with E-state index < -0.39 is 0 Å². The normalized spacial score (nSPS) is 12.0. The third-order valence-corrected chi connectivity index (χ3v) is 4.89.